The maximum absolute atomic E-state index is 13.6. The van der Waals surface area contributed by atoms with Gasteiger partial charge in [-0.05, 0) is 40.9 Å². The Balaban J connectivity index is 1.93. The fraction of sp³-hybridized carbons (Fsp3) is 0.429. The molecule has 0 spiro atoms. The van der Waals surface area contributed by atoms with Crippen LogP contribution >= 0.6 is 15.9 Å². The van der Waals surface area contributed by atoms with E-state index in [9.17, 15) is 13.9 Å². The van der Waals surface area contributed by atoms with Crippen molar-refractivity contribution >= 4 is 15.9 Å². The van der Waals surface area contributed by atoms with E-state index in [0.717, 1.165) is 25.3 Å². The van der Waals surface area contributed by atoms with Crippen molar-refractivity contribution in [2.24, 2.45) is 0 Å². The van der Waals surface area contributed by atoms with Gasteiger partial charge in [-0.2, -0.15) is 4.98 Å². The highest BCUT2D eigenvalue weighted by Crippen LogP contribution is 2.35. The molecule has 2 aromatic rings. The molecule has 0 saturated heterocycles. The van der Waals surface area contributed by atoms with Crippen molar-refractivity contribution in [1.82, 2.24) is 10.1 Å². The predicted molar refractivity (Wildman–Crippen MR) is 74.6 cm³/mol. The Hall–Kier alpha value is -1.34. The van der Waals surface area contributed by atoms with Gasteiger partial charge in [0.05, 0.1) is 16.5 Å². The molecule has 1 aliphatic rings. The van der Waals surface area contributed by atoms with Gasteiger partial charge in [-0.25, -0.2) is 8.78 Å². The highest BCUT2D eigenvalue weighted by Gasteiger charge is 2.30. The van der Waals surface area contributed by atoms with Gasteiger partial charge in [0.1, 0.15) is 0 Å². The van der Waals surface area contributed by atoms with Crippen LogP contribution in [0, 0.1) is 11.6 Å². The van der Waals surface area contributed by atoms with Crippen LogP contribution in [0.25, 0.3) is 11.4 Å². The summed E-state index contributed by atoms with van der Waals surface area (Å²) in [6, 6.07) is 2.40. The van der Waals surface area contributed by atoms with Crippen molar-refractivity contribution in [3.05, 3.63) is 34.1 Å². The number of halogens is 3. The molecule has 7 heteroatoms. The largest absolute Gasteiger partial charge is 0.392 e. The second-order valence-corrected chi connectivity index (χ2v) is 5.93. The van der Waals surface area contributed by atoms with Crippen LogP contribution in [-0.2, 0) is 0 Å². The number of hydrogen-bond acceptors (Lipinski definition) is 4. The van der Waals surface area contributed by atoms with Crippen LogP contribution in [0.2, 0.25) is 0 Å². The first-order valence-electron chi connectivity index (χ1n) is 6.73. The predicted octanol–water partition coefficient (Wildman–Crippen LogP) is 3.80. The lowest BCUT2D eigenvalue weighted by atomic mass is 9.86. The van der Waals surface area contributed by atoms with E-state index in [4.69, 9.17) is 4.52 Å². The second-order valence-electron chi connectivity index (χ2n) is 5.14. The van der Waals surface area contributed by atoms with E-state index in [0.29, 0.717) is 17.9 Å². The molecule has 112 valence electrons. The molecule has 1 saturated carbocycles. The summed E-state index contributed by atoms with van der Waals surface area (Å²) in [5, 5.41) is 13.8. The topological polar surface area (TPSA) is 59.2 Å². The lowest BCUT2D eigenvalue weighted by Crippen LogP contribution is -2.22. The number of aliphatic hydroxyl groups excluding tert-OH is 1. The monoisotopic (exact) mass is 358 g/mol. The third-order valence-corrected chi connectivity index (χ3v) is 4.54. The fourth-order valence-electron chi connectivity index (χ4n) is 2.59. The van der Waals surface area contributed by atoms with Gasteiger partial charge in [0.2, 0.25) is 11.7 Å². The molecule has 1 N–H and O–H groups in total. The van der Waals surface area contributed by atoms with E-state index < -0.39 is 17.7 Å². The zero-order valence-corrected chi connectivity index (χ0v) is 12.6. The minimum atomic E-state index is -0.989. The Morgan fingerprint density at radius 1 is 1.24 bits per heavy atom. The van der Waals surface area contributed by atoms with Crippen molar-refractivity contribution in [1.29, 1.82) is 0 Å². The number of aromatic nitrogens is 2. The maximum atomic E-state index is 13.6. The van der Waals surface area contributed by atoms with Crippen LogP contribution in [0.1, 0.15) is 37.5 Å². The molecule has 1 aromatic carbocycles. The Bertz CT molecular complexity index is 662. The summed E-state index contributed by atoms with van der Waals surface area (Å²) >= 11 is 3.00. The maximum Gasteiger partial charge on any atom is 0.232 e. The van der Waals surface area contributed by atoms with Crippen LogP contribution < -0.4 is 0 Å². The van der Waals surface area contributed by atoms with E-state index in [2.05, 4.69) is 26.1 Å². The van der Waals surface area contributed by atoms with Gasteiger partial charge in [0.15, 0.2) is 11.6 Å². The molecule has 1 fully saturated rings. The summed E-state index contributed by atoms with van der Waals surface area (Å²) in [6.07, 6.45) is 2.96. The van der Waals surface area contributed by atoms with Gasteiger partial charge in [0, 0.05) is 5.56 Å². The van der Waals surface area contributed by atoms with Gasteiger partial charge in [-0.15, -0.1) is 0 Å². The minimum Gasteiger partial charge on any atom is -0.392 e. The van der Waals surface area contributed by atoms with Crippen LogP contribution in [0.15, 0.2) is 21.1 Å². The number of nitrogens with zero attached hydrogens (tertiary/aromatic N) is 2. The Morgan fingerprint density at radius 2 is 2.00 bits per heavy atom. The average molecular weight is 359 g/mol. The first kappa shape index (κ1) is 14.6. The zero-order chi connectivity index (χ0) is 15.0. The van der Waals surface area contributed by atoms with Crippen molar-refractivity contribution in [2.45, 2.75) is 37.7 Å². The van der Waals surface area contributed by atoms with Gasteiger partial charge in [-0.3, -0.25) is 0 Å². The van der Waals surface area contributed by atoms with Crippen LogP contribution in [-0.4, -0.2) is 21.4 Å². The van der Waals surface area contributed by atoms with Crippen molar-refractivity contribution in [3.8, 4) is 11.4 Å². The number of aliphatic hydroxyl groups is 1. The molecule has 2 unspecified atom stereocenters. The van der Waals surface area contributed by atoms with Crippen LogP contribution in [0.4, 0.5) is 8.78 Å². The highest BCUT2D eigenvalue weighted by atomic mass is 79.9. The average Bonchev–Trinajstić information content (AvgIpc) is 2.95. The smallest absolute Gasteiger partial charge is 0.232 e. The lowest BCUT2D eigenvalue weighted by molar-refractivity contribution is 0.0908. The normalized spacial score (nSPS) is 22.5. The Labute approximate surface area is 128 Å². The number of rotatable bonds is 2. The van der Waals surface area contributed by atoms with Gasteiger partial charge < -0.3 is 9.63 Å². The molecule has 21 heavy (non-hydrogen) atoms. The summed E-state index contributed by atoms with van der Waals surface area (Å²) in [5.74, 6) is -1.61. The molecule has 0 aliphatic heterocycles. The summed E-state index contributed by atoms with van der Waals surface area (Å²) in [5.41, 5.74) is 0.314. The first-order valence-corrected chi connectivity index (χ1v) is 7.52. The SMILES string of the molecule is OC1CCCCC1c1nc(-c2ccc(F)c(F)c2Br)no1. The highest BCUT2D eigenvalue weighted by molar-refractivity contribution is 9.10. The van der Waals surface area contributed by atoms with Gasteiger partial charge in [0.25, 0.3) is 0 Å². The Kier molecular flexibility index (Phi) is 4.03. The lowest BCUT2D eigenvalue weighted by Gasteiger charge is -2.24. The molecule has 3 rings (SSSR count). The fourth-order valence-corrected chi connectivity index (χ4v) is 3.09. The van der Waals surface area contributed by atoms with Crippen LogP contribution in [0.5, 0.6) is 0 Å². The van der Waals surface area contributed by atoms with Crippen molar-refractivity contribution < 1.29 is 18.4 Å². The van der Waals surface area contributed by atoms with Crippen molar-refractivity contribution in [2.75, 3.05) is 0 Å². The van der Waals surface area contributed by atoms with E-state index in [1.165, 1.54) is 6.07 Å². The number of hydrogen-bond donors (Lipinski definition) is 1. The third kappa shape index (κ3) is 2.72. The Morgan fingerprint density at radius 3 is 2.76 bits per heavy atom. The molecule has 4 nitrogen and oxygen atoms in total. The molecule has 1 aliphatic carbocycles. The second kappa shape index (κ2) is 5.81. The summed E-state index contributed by atoms with van der Waals surface area (Å²) in [6.45, 7) is 0. The van der Waals surface area contributed by atoms with Gasteiger partial charge >= 0.3 is 0 Å². The summed E-state index contributed by atoms with van der Waals surface area (Å²) in [4.78, 5) is 4.23. The molecule has 2 atom stereocenters. The molecular weight excluding hydrogens is 346 g/mol. The molecule has 1 aromatic heterocycles. The molecule has 0 amide bonds. The quantitative estimate of drug-likeness (QED) is 0.829. The summed E-state index contributed by atoms with van der Waals surface area (Å²) in [7, 11) is 0. The molecule has 0 radical (unpaired) electrons. The third-order valence-electron chi connectivity index (χ3n) is 3.76. The van der Waals surface area contributed by atoms with Crippen LogP contribution in [0.3, 0.4) is 0 Å². The van der Waals surface area contributed by atoms with E-state index in [1.807, 2.05) is 0 Å². The van der Waals surface area contributed by atoms with Crippen molar-refractivity contribution in [3.63, 3.8) is 0 Å². The minimum absolute atomic E-state index is 0.0426. The standard InChI is InChI=1S/C14H13BrF2N2O2/c15-11-8(5-6-9(16)12(11)17)13-18-14(21-19-13)7-3-1-2-4-10(7)20/h5-7,10,20H,1-4H2. The number of benzene rings is 1. The summed E-state index contributed by atoms with van der Waals surface area (Å²) < 4.78 is 31.8. The van der Waals surface area contributed by atoms with E-state index in [-0.39, 0.29) is 16.2 Å². The van der Waals surface area contributed by atoms with Gasteiger partial charge in [-0.1, -0.05) is 18.0 Å². The molecule has 1 heterocycles. The van der Waals surface area contributed by atoms with E-state index >= 15 is 0 Å². The zero-order valence-electron chi connectivity index (χ0n) is 11.0. The van der Waals surface area contributed by atoms with E-state index in [1.54, 1.807) is 0 Å². The molecule has 0 bridgehead atoms. The first-order chi connectivity index (χ1) is 10.1. The molecular formula is C14H13BrF2N2O2.